The number of thiocarbonyl (C=S) groups is 1. The molecule has 146 valence electrons. The molecule has 2 heterocycles. The number of ether oxygens (including phenoxy) is 1. The minimum absolute atomic E-state index is 0.189. The molecule has 1 atom stereocenters. The van der Waals surface area contributed by atoms with E-state index < -0.39 is 0 Å². The number of hydrogen-bond acceptors (Lipinski definition) is 5. The second kappa shape index (κ2) is 9.77. The third kappa shape index (κ3) is 5.47. The van der Waals surface area contributed by atoms with E-state index in [0.717, 1.165) is 56.6 Å². The monoisotopic (exact) mass is 388 g/mol. The van der Waals surface area contributed by atoms with E-state index in [1.165, 1.54) is 11.9 Å². The van der Waals surface area contributed by atoms with Gasteiger partial charge in [0.25, 0.3) is 0 Å². The third-order valence-electron chi connectivity index (χ3n) is 4.99. The number of nitrogens with one attached hydrogen (secondary N) is 1. The second-order valence-electron chi connectivity index (χ2n) is 6.76. The fraction of sp³-hybridized carbons (Fsp3) is 0.526. The van der Waals surface area contributed by atoms with E-state index >= 15 is 0 Å². The highest BCUT2D eigenvalue weighted by Crippen LogP contribution is 2.20. The highest BCUT2D eigenvalue weighted by molar-refractivity contribution is 7.80. The molecule has 0 spiro atoms. The largest absolute Gasteiger partial charge is 0.379 e. The quantitative estimate of drug-likeness (QED) is 0.574. The van der Waals surface area contributed by atoms with Crippen LogP contribution in [-0.4, -0.2) is 76.1 Å². The van der Waals surface area contributed by atoms with Gasteiger partial charge >= 0.3 is 0 Å². The lowest BCUT2D eigenvalue weighted by atomic mass is 10.1. The molecule has 1 fully saturated rings. The van der Waals surface area contributed by atoms with Crippen LogP contribution in [0.2, 0.25) is 0 Å². The van der Waals surface area contributed by atoms with E-state index in [2.05, 4.69) is 44.3 Å². The molecule has 8 heteroatoms. The maximum absolute atomic E-state index is 5.57. The van der Waals surface area contributed by atoms with E-state index in [1.807, 2.05) is 19.2 Å². The lowest BCUT2D eigenvalue weighted by Crippen LogP contribution is -2.41. The van der Waals surface area contributed by atoms with Crippen LogP contribution >= 0.6 is 12.2 Å². The maximum Gasteiger partial charge on any atom is 0.169 e. The van der Waals surface area contributed by atoms with Gasteiger partial charge in [-0.2, -0.15) is 5.10 Å². The van der Waals surface area contributed by atoms with Crippen molar-refractivity contribution in [2.24, 2.45) is 0 Å². The zero-order valence-electron chi connectivity index (χ0n) is 16.0. The van der Waals surface area contributed by atoms with Gasteiger partial charge in [0.1, 0.15) is 12.7 Å². The summed E-state index contributed by atoms with van der Waals surface area (Å²) in [7, 11) is 2.04. The first-order valence-corrected chi connectivity index (χ1v) is 9.81. The van der Waals surface area contributed by atoms with E-state index in [1.54, 1.807) is 11.0 Å². The van der Waals surface area contributed by atoms with Gasteiger partial charge in [-0.25, -0.2) is 9.67 Å². The fourth-order valence-corrected chi connectivity index (χ4v) is 3.35. The van der Waals surface area contributed by atoms with Crippen molar-refractivity contribution in [3.05, 3.63) is 42.5 Å². The van der Waals surface area contributed by atoms with Crippen LogP contribution in [0.1, 0.15) is 24.9 Å². The smallest absolute Gasteiger partial charge is 0.169 e. The van der Waals surface area contributed by atoms with Crippen LogP contribution in [-0.2, 0) is 4.74 Å². The van der Waals surface area contributed by atoms with E-state index in [0.29, 0.717) is 0 Å². The summed E-state index contributed by atoms with van der Waals surface area (Å²) < 4.78 is 7.13. The molecule has 0 amide bonds. The molecule has 0 aliphatic carbocycles. The molecule has 27 heavy (non-hydrogen) atoms. The number of hydrogen-bond donors (Lipinski definition) is 1. The minimum Gasteiger partial charge on any atom is -0.379 e. The number of nitrogens with zero attached hydrogens (tertiary/aromatic N) is 5. The molecule has 1 aliphatic heterocycles. The first-order valence-electron chi connectivity index (χ1n) is 9.41. The molecule has 1 aromatic carbocycles. The Balaban J connectivity index is 1.44. The van der Waals surface area contributed by atoms with Crippen molar-refractivity contribution >= 4 is 17.3 Å². The maximum atomic E-state index is 5.57. The Morgan fingerprint density at radius 3 is 2.70 bits per heavy atom. The highest BCUT2D eigenvalue weighted by atomic mass is 32.1. The summed E-state index contributed by atoms with van der Waals surface area (Å²) in [5, 5.41) is 8.32. The van der Waals surface area contributed by atoms with Crippen LogP contribution in [0, 0.1) is 0 Å². The number of morpholine rings is 1. The Hall–Kier alpha value is -2.03. The molecule has 1 saturated heterocycles. The van der Waals surface area contributed by atoms with Crippen LogP contribution < -0.4 is 5.32 Å². The SMILES string of the molecule is C[C@H](c1ccc(-n2cncn2)cc1)N(C)C(=S)NCCCN1CCOCC1. The number of benzene rings is 1. The number of aromatic nitrogens is 3. The Morgan fingerprint density at radius 1 is 1.30 bits per heavy atom. The van der Waals surface area contributed by atoms with Gasteiger partial charge in [-0.1, -0.05) is 12.1 Å². The van der Waals surface area contributed by atoms with Crippen molar-refractivity contribution in [1.29, 1.82) is 0 Å². The molecule has 1 aliphatic rings. The van der Waals surface area contributed by atoms with Crippen molar-refractivity contribution < 1.29 is 4.74 Å². The first kappa shape index (κ1) is 19.7. The Bertz CT molecular complexity index is 699. The molecule has 0 saturated carbocycles. The van der Waals surface area contributed by atoms with Gasteiger partial charge in [-0.15, -0.1) is 0 Å². The first-order chi connectivity index (χ1) is 13.1. The van der Waals surface area contributed by atoms with Crippen molar-refractivity contribution in [3.8, 4) is 5.69 Å². The molecule has 0 bridgehead atoms. The van der Waals surface area contributed by atoms with Gasteiger partial charge in [0.05, 0.1) is 24.9 Å². The Labute approximate surface area is 166 Å². The fourth-order valence-electron chi connectivity index (χ4n) is 3.09. The average molecular weight is 389 g/mol. The van der Waals surface area contributed by atoms with Crippen molar-refractivity contribution in [1.82, 2.24) is 29.9 Å². The lowest BCUT2D eigenvalue weighted by molar-refractivity contribution is 0.0376. The molecule has 3 rings (SSSR count). The standard InChI is InChI=1S/C19H28N6OS/c1-16(17-4-6-18(7-5-17)25-15-20-14-22-25)23(2)19(27)21-8-3-9-24-10-12-26-13-11-24/h4-7,14-16H,3,8-13H2,1-2H3,(H,21,27)/t16-/m1/s1. The molecule has 0 unspecified atom stereocenters. The van der Waals surface area contributed by atoms with Crippen LogP contribution in [0.3, 0.4) is 0 Å². The molecule has 1 N–H and O–H groups in total. The van der Waals surface area contributed by atoms with Gasteiger partial charge in [0, 0.05) is 26.7 Å². The summed E-state index contributed by atoms with van der Waals surface area (Å²) in [4.78, 5) is 8.53. The molecule has 2 aromatic rings. The molecule has 7 nitrogen and oxygen atoms in total. The molecule has 1 aromatic heterocycles. The molecule has 0 radical (unpaired) electrons. The number of rotatable bonds is 7. The van der Waals surface area contributed by atoms with Crippen LogP contribution in [0.25, 0.3) is 5.69 Å². The van der Waals surface area contributed by atoms with Crippen LogP contribution in [0.4, 0.5) is 0 Å². The minimum atomic E-state index is 0.189. The normalized spacial score (nSPS) is 16.1. The molecular formula is C19H28N6OS. The van der Waals surface area contributed by atoms with Crippen molar-refractivity contribution in [2.45, 2.75) is 19.4 Å². The summed E-state index contributed by atoms with van der Waals surface area (Å²) >= 11 is 5.57. The Kier molecular flexibility index (Phi) is 7.14. The van der Waals surface area contributed by atoms with E-state index in [4.69, 9.17) is 17.0 Å². The van der Waals surface area contributed by atoms with Crippen LogP contribution in [0.15, 0.2) is 36.9 Å². The predicted molar refractivity (Wildman–Crippen MR) is 110 cm³/mol. The summed E-state index contributed by atoms with van der Waals surface area (Å²) in [6.07, 6.45) is 4.31. The zero-order chi connectivity index (χ0) is 19.1. The van der Waals surface area contributed by atoms with Crippen molar-refractivity contribution in [3.63, 3.8) is 0 Å². The lowest BCUT2D eigenvalue weighted by Gasteiger charge is -2.29. The van der Waals surface area contributed by atoms with E-state index in [-0.39, 0.29) is 6.04 Å². The van der Waals surface area contributed by atoms with Gasteiger partial charge < -0.3 is 15.0 Å². The van der Waals surface area contributed by atoms with Gasteiger partial charge in [0.15, 0.2) is 5.11 Å². The van der Waals surface area contributed by atoms with Gasteiger partial charge in [-0.05, 0) is 49.8 Å². The van der Waals surface area contributed by atoms with Gasteiger partial charge in [-0.3, -0.25) is 4.90 Å². The Morgan fingerprint density at radius 2 is 2.04 bits per heavy atom. The predicted octanol–water partition coefficient (Wildman–Crippen LogP) is 1.86. The van der Waals surface area contributed by atoms with E-state index in [9.17, 15) is 0 Å². The summed E-state index contributed by atoms with van der Waals surface area (Å²) in [6, 6.07) is 8.51. The van der Waals surface area contributed by atoms with Gasteiger partial charge in [0.2, 0.25) is 0 Å². The highest BCUT2D eigenvalue weighted by Gasteiger charge is 2.15. The summed E-state index contributed by atoms with van der Waals surface area (Å²) in [6.45, 7) is 7.90. The average Bonchev–Trinajstić information content (AvgIpc) is 3.26. The zero-order valence-corrected chi connectivity index (χ0v) is 16.9. The summed E-state index contributed by atoms with van der Waals surface area (Å²) in [5.74, 6) is 0. The third-order valence-corrected chi connectivity index (χ3v) is 5.42. The van der Waals surface area contributed by atoms with Crippen molar-refractivity contribution in [2.75, 3.05) is 46.4 Å². The molecular weight excluding hydrogens is 360 g/mol. The summed E-state index contributed by atoms with van der Waals surface area (Å²) in [5.41, 5.74) is 2.20. The van der Waals surface area contributed by atoms with Crippen LogP contribution in [0.5, 0.6) is 0 Å². The second-order valence-corrected chi connectivity index (χ2v) is 7.14. The topological polar surface area (TPSA) is 58.5 Å².